The van der Waals surface area contributed by atoms with Crippen molar-refractivity contribution in [2.75, 3.05) is 16.4 Å². The van der Waals surface area contributed by atoms with Gasteiger partial charge in [-0.3, -0.25) is 14.9 Å². The van der Waals surface area contributed by atoms with Crippen molar-refractivity contribution < 1.29 is 9.59 Å². The molecule has 0 saturated carbocycles. The number of carbonyl (C=O) groups is 2. The van der Waals surface area contributed by atoms with Gasteiger partial charge >= 0.3 is 0 Å². The molecule has 0 saturated heterocycles. The predicted octanol–water partition coefficient (Wildman–Crippen LogP) is 1.73. The van der Waals surface area contributed by atoms with Crippen LogP contribution in [0, 0.1) is 0 Å². The van der Waals surface area contributed by atoms with Gasteiger partial charge in [-0.25, -0.2) is 19.9 Å². The van der Waals surface area contributed by atoms with E-state index in [0.717, 1.165) is 5.56 Å². The maximum atomic E-state index is 12.3. The molecule has 0 aliphatic rings. The standard InChI is InChI=1S/C17H15N7O2/c1-10(25)22-17-21-6-5-13(24-17)11-3-2-4-12(9-11)23-16(26)14-15(18)20-8-7-19-14/h2-9H,1H3,(H2,18,20)(H,23,26)(H,21,22,24,25). The van der Waals surface area contributed by atoms with Crippen molar-refractivity contribution in [3.8, 4) is 11.3 Å². The molecule has 0 atom stereocenters. The summed E-state index contributed by atoms with van der Waals surface area (Å²) in [4.78, 5) is 39.5. The summed E-state index contributed by atoms with van der Waals surface area (Å²) in [5.74, 6) is -0.465. The van der Waals surface area contributed by atoms with Crippen LogP contribution in [0.25, 0.3) is 11.3 Å². The van der Waals surface area contributed by atoms with E-state index in [4.69, 9.17) is 5.73 Å². The number of nitrogens with two attached hydrogens (primary N) is 1. The van der Waals surface area contributed by atoms with Gasteiger partial charge in [-0.1, -0.05) is 12.1 Å². The van der Waals surface area contributed by atoms with Crippen molar-refractivity contribution in [3.05, 3.63) is 54.6 Å². The molecule has 0 fully saturated rings. The number of amides is 2. The lowest BCUT2D eigenvalue weighted by Crippen LogP contribution is -2.16. The quantitative estimate of drug-likeness (QED) is 0.652. The Hall–Kier alpha value is -3.88. The Balaban J connectivity index is 1.84. The van der Waals surface area contributed by atoms with E-state index < -0.39 is 5.91 Å². The molecule has 3 aromatic rings. The summed E-state index contributed by atoms with van der Waals surface area (Å²) in [5.41, 5.74) is 7.59. The van der Waals surface area contributed by atoms with Crippen LogP contribution in [0.3, 0.4) is 0 Å². The number of hydrogen-bond acceptors (Lipinski definition) is 7. The van der Waals surface area contributed by atoms with E-state index in [1.165, 1.54) is 19.3 Å². The van der Waals surface area contributed by atoms with Gasteiger partial charge in [0.2, 0.25) is 11.9 Å². The van der Waals surface area contributed by atoms with Crippen molar-refractivity contribution in [1.29, 1.82) is 0 Å². The van der Waals surface area contributed by atoms with E-state index in [1.54, 1.807) is 30.5 Å². The fraction of sp³-hybridized carbons (Fsp3) is 0.0588. The zero-order valence-corrected chi connectivity index (χ0v) is 13.8. The number of aromatic nitrogens is 4. The maximum Gasteiger partial charge on any atom is 0.278 e. The average molecular weight is 349 g/mol. The lowest BCUT2D eigenvalue weighted by atomic mass is 10.1. The minimum Gasteiger partial charge on any atom is -0.382 e. The molecule has 4 N–H and O–H groups in total. The zero-order chi connectivity index (χ0) is 18.5. The van der Waals surface area contributed by atoms with Crippen molar-refractivity contribution in [3.63, 3.8) is 0 Å². The van der Waals surface area contributed by atoms with Crippen LogP contribution in [-0.2, 0) is 4.79 Å². The molecule has 130 valence electrons. The molecule has 0 unspecified atom stereocenters. The van der Waals surface area contributed by atoms with Gasteiger partial charge in [0.05, 0.1) is 5.69 Å². The summed E-state index contributed by atoms with van der Waals surface area (Å²) in [5, 5.41) is 5.25. The first-order valence-corrected chi connectivity index (χ1v) is 7.62. The Bertz CT molecular complexity index is 975. The van der Waals surface area contributed by atoms with Gasteiger partial charge in [0.15, 0.2) is 11.5 Å². The van der Waals surface area contributed by atoms with Crippen LogP contribution < -0.4 is 16.4 Å². The van der Waals surface area contributed by atoms with Crippen LogP contribution in [0.4, 0.5) is 17.5 Å². The number of nitrogen functional groups attached to an aromatic ring is 1. The van der Waals surface area contributed by atoms with Gasteiger partial charge in [-0.15, -0.1) is 0 Å². The summed E-state index contributed by atoms with van der Waals surface area (Å²) in [6.07, 6.45) is 4.35. The van der Waals surface area contributed by atoms with Crippen molar-refractivity contribution in [2.24, 2.45) is 0 Å². The van der Waals surface area contributed by atoms with Crippen LogP contribution in [0.1, 0.15) is 17.4 Å². The van der Waals surface area contributed by atoms with Crippen molar-refractivity contribution in [1.82, 2.24) is 19.9 Å². The lowest BCUT2D eigenvalue weighted by molar-refractivity contribution is -0.114. The minimum absolute atomic E-state index is 0.0490. The predicted molar refractivity (Wildman–Crippen MR) is 96.2 cm³/mol. The molecule has 0 bridgehead atoms. The van der Waals surface area contributed by atoms with Gasteiger partial charge in [0.25, 0.3) is 5.91 Å². The third-order valence-electron chi connectivity index (χ3n) is 3.30. The van der Waals surface area contributed by atoms with Gasteiger partial charge < -0.3 is 11.1 Å². The largest absolute Gasteiger partial charge is 0.382 e. The second-order valence-corrected chi connectivity index (χ2v) is 5.27. The SMILES string of the molecule is CC(=O)Nc1nccc(-c2cccc(NC(=O)c3nccnc3N)c2)n1. The highest BCUT2D eigenvalue weighted by molar-refractivity contribution is 6.05. The van der Waals surface area contributed by atoms with Gasteiger partial charge in [-0.2, -0.15) is 0 Å². The van der Waals surface area contributed by atoms with E-state index in [9.17, 15) is 9.59 Å². The highest BCUT2D eigenvalue weighted by Crippen LogP contribution is 2.22. The Morgan fingerprint density at radius 3 is 2.58 bits per heavy atom. The topological polar surface area (TPSA) is 136 Å². The fourth-order valence-electron chi connectivity index (χ4n) is 2.21. The molecular formula is C17H15N7O2. The van der Waals surface area contributed by atoms with Crippen molar-refractivity contribution >= 4 is 29.3 Å². The molecule has 1 aromatic carbocycles. The number of benzene rings is 1. The van der Waals surface area contributed by atoms with Crippen LogP contribution in [0.2, 0.25) is 0 Å². The number of hydrogen-bond donors (Lipinski definition) is 3. The second-order valence-electron chi connectivity index (χ2n) is 5.27. The summed E-state index contributed by atoms with van der Waals surface area (Å²) in [6.45, 7) is 1.38. The number of rotatable bonds is 4. The van der Waals surface area contributed by atoms with Gasteiger partial charge in [-0.05, 0) is 18.2 Å². The highest BCUT2D eigenvalue weighted by Gasteiger charge is 2.13. The van der Waals surface area contributed by atoms with Gasteiger partial charge in [0.1, 0.15) is 0 Å². The summed E-state index contributed by atoms with van der Waals surface area (Å²) < 4.78 is 0. The molecule has 0 radical (unpaired) electrons. The van der Waals surface area contributed by atoms with E-state index in [1.807, 2.05) is 6.07 Å². The summed E-state index contributed by atoms with van der Waals surface area (Å²) in [7, 11) is 0. The molecule has 2 aromatic heterocycles. The third-order valence-corrected chi connectivity index (χ3v) is 3.30. The smallest absolute Gasteiger partial charge is 0.278 e. The first kappa shape index (κ1) is 17.0. The Morgan fingerprint density at radius 1 is 1.00 bits per heavy atom. The summed E-state index contributed by atoms with van der Waals surface area (Å²) >= 11 is 0. The number of nitrogens with one attached hydrogen (secondary N) is 2. The molecule has 0 aliphatic heterocycles. The molecule has 26 heavy (non-hydrogen) atoms. The van der Waals surface area contributed by atoms with Crippen LogP contribution in [0.5, 0.6) is 0 Å². The van der Waals surface area contributed by atoms with E-state index in [2.05, 4.69) is 30.6 Å². The van der Waals surface area contributed by atoms with Crippen LogP contribution in [0.15, 0.2) is 48.9 Å². The number of carbonyl (C=O) groups excluding carboxylic acids is 2. The molecular weight excluding hydrogens is 334 g/mol. The lowest BCUT2D eigenvalue weighted by Gasteiger charge is -2.08. The van der Waals surface area contributed by atoms with Crippen molar-refractivity contribution in [2.45, 2.75) is 6.92 Å². The maximum absolute atomic E-state index is 12.3. The second kappa shape index (κ2) is 7.34. The molecule has 2 heterocycles. The molecule has 0 aliphatic carbocycles. The normalized spacial score (nSPS) is 10.2. The molecule has 3 rings (SSSR count). The van der Waals surface area contributed by atoms with E-state index in [-0.39, 0.29) is 23.4 Å². The minimum atomic E-state index is -0.464. The fourth-order valence-corrected chi connectivity index (χ4v) is 2.21. The number of anilines is 3. The summed E-state index contributed by atoms with van der Waals surface area (Å²) in [6, 6.07) is 8.76. The molecule has 9 nitrogen and oxygen atoms in total. The van der Waals surface area contributed by atoms with E-state index >= 15 is 0 Å². The average Bonchev–Trinajstić information content (AvgIpc) is 2.62. The highest BCUT2D eigenvalue weighted by atomic mass is 16.2. The number of nitrogens with zero attached hydrogens (tertiary/aromatic N) is 4. The Labute approximate surface area is 148 Å². The zero-order valence-electron chi connectivity index (χ0n) is 13.8. The third kappa shape index (κ3) is 3.96. The van der Waals surface area contributed by atoms with Crippen LogP contribution in [-0.4, -0.2) is 31.8 Å². The monoisotopic (exact) mass is 349 g/mol. The van der Waals surface area contributed by atoms with E-state index in [0.29, 0.717) is 11.4 Å². The molecule has 2 amide bonds. The first-order valence-electron chi connectivity index (χ1n) is 7.62. The Kier molecular flexibility index (Phi) is 4.79. The Morgan fingerprint density at radius 2 is 1.81 bits per heavy atom. The first-order chi connectivity index (χ1) is 12.5. The molecule has 0 spiro atoms. The molecule has 9 heteroatoms. The van der Waals surface area contributed by atoms with Gasteiger partial charge in [0, 0.05) is 36.8 Å². The van der Waals surface area contributed by atoms with Crippen LogP contribution >= 0.6 is 0 Å².